The van der Waals surface area contributed by atoms with E-state index < -0.39 is 28.9 Å². The van der Waals surface area contributed by atoms with E-state index in [2.05, 4.69) is 15.9 Å². The molecule has 1 atom stereocenters. The van der Waals surface area contributed by atoms with Crippen LogP contribution in [0.1, 0.15) is 18.1 Å². The Kier molecular flexibility index (Phi) is 4.53. The highest BCUT2D eigenvalue weighted by Gasteiger charge is 2.41. The van der Waals surface area contributed by atoms with Gasteiger partial charge in [-0.1, -0.05) is 28.1 Å². The van der Waals surface area contributed by atoms with Gasteiger partial charge in [0, 0.05) is 23.0 Å². The molecule has 0 saturated carbocycles. The number of aromatic hydroxyl groups is 3. The molecule has 0 aliphatic carbocycles. The molecule has 1 heterocycles. The fourth-order valence-corrected chi connectivity index (χ4v) is 2.65. The van der Waals surface area contributed by atoms with Crippen LogP contribution >= 0.6 is 15.9 Å². The zero-order chi connectivity index (χ0) is 19.1. The smallest absolute Gasteiger partial charge is 0.244 e. The van der Waals surface area contributed by atoms with E-state index in [9.17, 15) is 25.2 Å². The van der Waals surface area contributed by atoms with Gasteiger partial charge in [0.25, 0.3) is 0 Å². The molecule has 1 aliphatic heterocycles. The van der Waals surface area contributed by atoms with Crippen molar-refractivity contribution in [3.05, 3.63) is 52.0 Å². The lowest BCUT2D eigenvalue weighted by Gasteiger charge is -2.32. The van der Waals surface area contributed by atoms with E-state index >= 15 is 0 Å². The first-order chi connectivity index (χ1) is 12.2. The van der Waals surface area contributed by atoms with E-state index in [1.807, 2.05) is 5.48 Å². The van der Waals surface area contributed by atoms with Gasteiger partial charge in [-0.05, 0) is 18.2 Å². The van der Waals surface area contributed by atoms with Gasteiger partial charge in [0.2, 0.25) is 23.2 Å². The van der Waals surface area contributed by atoms with Crippen LogP contribution in [0.2, 0.25) is 0 Å². The number of aliphatic hydroxyl groups is 1. The second kappa shape index (κ2) is 6.52. The lowest BCUT2D eigenvalue weighted by molar-refractivity contribution is -0.217. The summed E-state index contributed by atoms with van der Waals surface area (Å²) in [4.78, 5) is 16.2. The number of phenolic OH excluding ortho intramolecular Hbond substituents is 3. The fourth-order valence-electron chi connectivity index (χ4n) is 2.38. The maximum atomic E-state index is 11.2. The number of nitrogens with one attached hydrogen (secondary N) is 1. The summed E-state index contributed by atoms with van der Waals surface area (Å²) >= 11 is 3.30. The Labute approximate surface area is 156 Å². The average molecular weight is 424 g/mol. The Bertz CT molecular complexity index is 910. The van der Waals surface area contributed by atoms with Gasteiger partial charge in [-0.2, -0.15) is 0 Å². The van der Waals surface area contributed by atoms with Gasteiger partial charge in [-0.15, -0.1) is 0 Å². The monoisotopic (exact) mass is 423 g/mol. The van der Waals surface area contributed by atoms with E-state index in [1.54, 1.807) is 24.3 Å². The number of ether oxygens (including phenoxy) is 1. The second-order valence-electron chi connectivity index (χ2n) is 5.54. The normalized spacial score (nSPS) is 18.5. The van der Waals surface area contributed by atoms with Crippen LogP contribution in [0, 0.1) is 0 Å². The van der Waals surface area contributed by atoms with Crippen LogP contribution in [0.3, 0.4) is 0 Å². The lowest BCUT2D eigenvalue weighted by Crippen LogP contribution is -2.38. The number of benzene rings is 2. The number of hydrogen-bond acceptors (Lipinski definition) is 7. The molecule has 2 aromatic rings. The number of phenols is 3. The Morgan fingerprint density at radius 3 is 2.46 bits per heavy atom. The first kappa shape index (κ1) is 18.1. The zero-order valence-electron chi connectivity index (χ0n) is 13.4. The van der Waals surface area contributed by atoms with Crippen LogP contribution in [0.4, 0.5) is 0 Å². The summed E-state index contributed by atoms with van der Waals surface area (Å²) in [6, 6.07) is 7.78. The average Bonchev–Trinajstić information content (AvgIpc) is 2.60. The minimum Gasteiger partial charge on any atom is -0.504 e. The Hall–Kier alpha value is -2.75. The summed E-state index contributed by atoms with van der Waals surface area (Å²) in [6.45, 7) is 1.18. The summed E-state index contributed by atoms with van der Waals surface area (Å²) in [6.07, 6.45) is 1.16. The van der Waals surface area contributed by atoms with Gasteiger partial charge in [0.15, 0.2) is 11.5 Å². The van der Waals surface area contributed by atoms with Gasteiger partial charge < -0.3 is 25.2 Å². The van der Waals surface area contributed by atoms with Crippen molar-refractivity contribution in [1.82, 2.24) is 5.48 Å². The highest BCUT2D eigenvalue weighted by molar-refractivity contribution is 9.10. The molecule has 8 nitrogen and oxygen atoms in total. The lowest BCUT2D eigenvalue weighted by atomic mass is 9.98. The van der Waals surface area contributed by atoms with E-state index in [0.717, 1.165) is 16.6 Å². The molecule has 26 heavy (non-hydrogen) atoms. The molecular weight excluding hydrogens is 410 g/mol. The Morgan fingerprint density at radius 1 is 1.19 bits per heavy atom. The maximum Gasteiger partial charge on any atom is 0.244 e. The second-order valence-corrected chi connectivity index (χ2v) is 6.46. The molecule has 0 radical (unpaired) electrons. The number of carbonyl (C=O) groups is 1. The van der Waals surface area contributed by atoms with E-state index in [-0.39, 0.29) is 17.1 Å². The van der Waals surface area contributed by atoms with Crippen molar-refractivity contribution in [3.8, 4) is 23.0 Å². The summed E-state index contributed by atoms with van der Waals surface area (Å²) < 4.78 is 6.41. The summed E-state index contributed by atoms with van der Waals surface area (Å²) in [5.41, 5.74) is 2.32. The molecule has 1 amide bonds. The maximum absolute atomic E-state index is 11.2. The molecule has 136 valence electrons. The minimum atomic E-state index is -2.27. The molecule has 0 fully saturated rings. The third kappa shape index (κ3) is 3.19. The highest BCUT2D eigenvalue weighted by Crippen LogP contribution is 2.52. The van der Waals surface area contributed by atoms with Crippen LogP contribution in [-0.2, 0) is 15.4 Å². The van der Waals surface area contributed by atoms with Gasteiger partial charge in [0.1, 0.15) is 5.76 Å². The van der Waals surface area contributed by atoms with Crippen LogP contribution in [-0.4, -0.2) is 26.3 Å². The minimum absolute atomic E-state index is 0.0956. The predicted octanol–water partition coefficient (Wildman–Crippen LogP) is 2.21. The third-order valence-corrected chi connectivity index (χ3v) is 4.14. The summed E-state index contributed by atoms with van der Waals surface area (Å²) in [5, 5.41) is 40.5. The predicted molar refractivity (Wildman–Crippen MR) is 93.0 cm³/mol. The standard InChI is InChI=1S/C17H14BrNO7/c1-8(20)19-26-17(24)7-13(9-2-4-10(18)5-3-9)25-16-11(17)6-12(21)14(22)15(16)23/h2-7,21-24H,1H3,(H,19,20). The molecular formula is C17H14BrNO7. The molecule has 1 unspecified atom stereocenters. The van der Waals surface area contributed by atoms with Crippen molar-refractivity contribution in [1.29, 1.82) is 0 Å². The Morgan fingerprint density at radius 2 is 1.85 bits per heavy atom. The number of rotatable bonds is 3. The molecule has 2 aromatic carbocycles. The van der Waals surface area contributed by atoms with E-state index in [0.29, 0.717) is 5.56 Å². The van der Waals surface area contributed by atoms with Crippen molar-refractivity contribution < 1.29 is 34.8 Å². The topological polar surface area (TPSA) is 128 Å². The molecule has 0 saturated heterocycles. The number of hydrogen-bond donors (Lipinski definition) is 5. The number of amides is 1. The number of halogens is 1. The number of carbonyl (C=O) groups excluding carboxylic acids is 1. The molecule has 0 aromatic heterocycles. The zero-order valence-corrected chi connectivity index (χ0v) is 14.9. The number of fused-ring (bicyclic) bond motifs is 1. The summed E-state index contributed by atoms with van der Waals surface area (Å²) in [5.74, 6) is -5.39. The van der Waals surface area contributed by atoms with Gasteiger partial charge in [0.05, 0.1) is 5.56 Å². The van der Waals surface area contributed by atoms with Crippen molar-refractivity contribution in [3.63, 3.8) is 0 Å². The van der Waals surface area contributed by atoms with Crippen LogP contribution < -0.4 is 10.2 Å². The first-order valence-corrected chi connectivity index (χ1v) is 8.12. The van der Waals surface area contributed by atoms with Crippen LogP contribution in [0.5, 0.6) is 23.0 Å². The van der Waals surface area contributed by atoms with E-state index in [1.165, 1.54) is 6.92 Å². The first-order valence-electron chi connectivity index (χ1n) is 7.33. The fraction of sp³-hybridized carbons (Fsp3) is 0.118. The molecule has 3 rings (SSSR count). The SMILES string of the molecule is CC(=O)NOC1(O)C=C(c2ccc(Br)cc2)Oc2c1cc(O)c(O)c2O. The van der Waals surface area contributed by atoms with E-state index in [4.69, 9.17) is 9.57 Å². The van der Waals surface area contributed by atoms with Gasteiger partial charge >= 0.3 is 0 Å². The quantitative estimate of drug-likeness (QED) is 0.290. The van der Waals surface area contributed by atoms with Crippen molar-refractivity contribution >= 4 is 27.6 Å². The largest absolute Gasteiger partial charge is 0.504 e. The van der Waals surface area contributed by atoms with Crippen molar-refractivity contribution in [2.75, 3.05) is 0 Å². The van der Waals surface area contributed by atoms with Crippen molar-refractivity contribution in [2.24, 2.45) is 0 Å². The third-order valence-electron chi connectivity index (χ3n) is 3.61. The molecule has 9 heteroatoms. The number of hydroxylamine groups is 1. The molecule has 5 N–H and O–H groups in total. The molecule has 0 spiro atoms. The molecule has 0 bridgehead atoms. The highest BCUT2D eigenvalue weighted by atomic mass is 79.9. The molecule has 1 aliphatic rings. The van der Waals surface area contributed by atoms with Crippen molar-refractivity contribution in [2.45, 2.75) is 12.7 Å². The Balaban J connectivity index is 2.16. The van der Waals surface area contributed by atoms with Crippen LogP contribution in [0.15, 0.2) is 40.9 Å². The van der Waals surface area contributed by atoms with Gasteiger partial charge in [-0.25, -0.2) is 10.3 Å². The van der Waals surface area contributed by atoms with Crippen LogP contribution in [0.25, 0.3) is 5.76 Å². The van der Waals surface area contributed by atoms with Gasteiger partial charge in [-0.3, -0.25) is 4.79 Å². The summed E-state index contributed by atoms with van der Waals surface area (Å²) in [7, 11) is 0.